The van der Waals surface area contributed by atoms with Crippen LogP contribution in [0.2, 0.25) is 0 Å². The monoisotopic (exact) mass is 355 g/mol. The Balaban J connectivity index is 1.74. The van der Waals surface area contributed by atoms with Gasteiger partial charge in [0, 0.05) is 5.69 Å². The number of aryl methyl sites for hydroxylation is 1. The van der Waals surface area contributed by atoms with Crippen LogP contribution >= 0.6 is 0 Å². The maximum absolute atomic E-state index is 11.8. The number of rotatable bonds is 8. The van der Waals surface area contributed by atoms with Gasteiger partial charge in [-0.25, -0.2) is 10.2 Å². The molecule has 0 fully saturated rings. The van der Waals surface area contributed by atoms with Crippen molar-refractivity contribution in [2.24, 2.45) is 5.10 Å². The number of esters is 1. The minimum Gasteiger partial charge on any atom is -0.482 e. The third-order valence-electron chi connectivity index (χ3n) is 3.37. The highest BCUT2D eigenvalue weighted by Gasteiger charge is 2.02. The summed E-state index contributed by atoms with van der Waals surface area (Å²) >= 11 is 0. The van der Waals surface area contributed by atoms with Crippen molar-refractivity contribution >= 4 is 23.8 Å². The Morgan fingerprint density at radius 3 is 2.42 bits per heavy atom. The van der Waals surface area contributed by atoms with E-state index in [1.54, 1.807) is 24.3 Å². The lowest BCUT2D eigenvalue weighted by molar-refractivity contribution is -0.142. The fourth-order valence-corrected chi connectivity index (χ4v) is 1.92. The van der Waals surface area contributed by atoms with Gasteiger partial charge in [-0.15, -0.1) is 0 Å². The molecule has 0 aliphatic rings. The Labute approximate surface area is 152 Å². The Morgan fingerprint density at radius 1 is 1.08 bits per heavy atom. The summed E-state index contributed by atoms with van der Waals surface area (Å²) < 4.78 is 9.73. The molecular weight excluding hydrogens is 334 g/mol. The number of anilines is 1. The van der Waals surface area contributed by atoms with Crippen LogP contribution in [0.5, 0.6) is 5.75 Å². The Bertz CT molecular complexity index is 755. The van der Waals surface area contributed by atoms with Gasteiger partial charge >= 0.3 is 5.97 Å². The molecule has 0 spiro atoms. The summed E-state index contributed by atoms with van der Waals surface area (Å²) in [6, 6.07) is 14.7. The summed E-state index contributed by atoms with van der Waals surface area (Å²) in [5, 5.41) is 6.92. The molecular formula is C19H21N3O4. The van der Waals surface area contributed by atoms with Gasteiger partial charge in [-0.1, -0.05) is 17.7 Å². The summed E-state index contributed by atoms with van der Waals surface area (Å²) in [5.41, 5.74) is 5.26. The van der Waals surface area contributed by atoms with Crippen LogP contribution < -0.4 is 15.5 Å². The van der Waals surface area contributed by atoms with Crippen LogP contribution in [-0.4, -0.2) is 38.4 Å². The quantitative estimate of drug-likeness (QED) is 0.430. The molecule has 0 aliphatic heterocycles. The molecule has 2 rings (SSSR count). The molecule has 1 amide bonds. The standard InChI is InChI=1S/C19H21N3O4/c1-14-3-7-16(8-4-14)20-12-18(23)22-21-11-15-5-9-17(10-6-15)26-13-19(24)25-2/h3-11,20H,12-13H2,1-2H3,(H,22,23)/b21-11-. The van der Waals surface area contributed by atoms with E-state index in [0.717, 1.165) is 16.8 Å². The van der Waals surface area contributed by atoms with Gasteiger partial charge in [0.05, 0.1) is 19.9 Å². The topological polar surface area (TPSA) is 89.0 Å². The molecule has 0 aliphatic carbocycles. The molecule has 0 aromatic heterocycles. The first-order chi connectivity index (χ1) is 12.6. The minimum atomic E-state index is -0.447. The van der Waals surface area contributed by atoms with Gasteiger partial charge < -0.3 is 14.8 Å². The molecule has 2 aromatic rings. The van der Waals surface area contributed by atoms with Crippen LogP contribution in [0.1, 0.15) is 11.1 Å². The van der Waals surface area contributed by atoms with Gasteiger partial charge in [0.1, 0.15) is 5.75 Å². The number of hydrazone groups is 1. The second kappa shape index (κ2) is 9.83. The summed E-state index contributed by atoms with van der Waals surface area (Å²) in [5.74, 6) is -0.156. The molecule has 0 heterocycles. The zero-order valence-corrected chi connectivity index (χ0v) is 14.7. The Hall–Kier alpha value is -3.35. The van der Waals surface area contributed by atoms with Crippen molar-refractivity contribution in [3.05, 3.63) is 59.7 Å². The molecule has 0 radical (unpaired) electrons. The van der Waals surface area contributed by atoms with E-state index in [-0.39, 0.29) is 19.1 Å². The van der Waals surface area contributed by atoms with E-state index >= 15 is 0 Å². The van der Waals surface area contributed by atoms with E-state index in [1.807, 2.05) is 31.2 Å². The molecule has 7 nitrogen and oxygen atoms in total. The number of methoxy groups -OCH3 is 1. The van der Waals surface area contributed by atoms with E-state index < -0.39 is 5.97 Å². The van der Waals surface area contributed by atoms with Crippen molar-refractivity contribution in [3.63, 3.8) is 0 Å². The van der Waals surface area contributed by atoms with E-state index in [2.05, 4.69) is 20.6 Å². The highest BCUT2D eigenvalue weighted by molar-refractivity contribution is 5.84. The van der Waals surface area contributed by atoms with Gasteiger partial charge in [-0.3, -0.25) is 4.79 Å². The number of benzene rings is 2. The molecule has 0 saturated heterocycles. The van der Waals surface area contributed by atoms with E-state index in [1.165, 1.54) is 13.3 Å². The van der Waals surface area contributed by atoms with E-state index in [4.69, 9.17) is 4.74 Å². The third-order valence-corrected chi connectivity index (χ3v) is 3.37. The van der Waals surface area contributed by atoms with Crippen molar-refractivity contribution in [1.29, 1.82) is 0 Å². The molecule has 7 heteroatoms. The lowest BCUT2D eigenvalue weighted by Gasteiger charge is -2.05. The first-order valence-corrected chi connectivity index (χ1v) is 7.99. The second-order valence-electron chi connectivity index (χ2n) is 5.45. The summed E-state index contributed by atoms with van der Waals surface area (Å²) in [4.78, 5) is 22.8. The van der Waals surface area contributed by atoms with Crippen LogP contribution in [0.25, 0.3) is 0 Å². The molecule has 26 heavy (non-hydrogen) atoms. The van der Waals surface area contributed by atoms with Crippen LogP contribution in [0.15, 0.2) is 53.6 Å². The smallest absolute Gasteiger partial charge is 0.343 e. The fraction of sp³-hybridized carbons (Fsp3) is 0.211. The predicted molar refractivity (Wildman–Crippen MR) is 99.4 cm³/mol. The fourth-order valence-electron chi connectivity index (χ4n) is 1.92. The number of hydrogen-bond donors (Lipinski definition) is 2. The highest BCUT2D eigenvalue weighted by atomic mass is 16.6. The normalized spacial score (nSPS) is 10.4. The van der Waals surface area contributed by atoms with Crippen LogP contribution in [-0.2, 0) is 14.3 Å². The van der Waals surface area contributed by atoms with E-state index in [9.17, 15) is 9.59 Å². The minimum absolute atomic E-state index is 0.126. The van der Waals surface area contributed by atoms with Crippen molar-refractivity contribution in [3.8, 4) is 5.75 Å². The van der Waals surface area contributed by atoms with Crippen LogP contribution in [0, 0.1) is 6.92 Å². The molecule has 0 atom stereocenters. The average Bonchev–Trinajstić information content (AvgIpc) is 2.66. The first-order valence-electron chi connectivity index (χ1n) is 7.99. The number of carbonyl (C=O) groups is 2. The molecule has 2 N–H and O–H groups in total. The number of nitrogens with one attached hydrogen (secondary N) is 2. The van der Waals surface area contributed by atoms with Crippen LogP contribution in [0.4, 0.5) is 5.69 Å². The molecule has 0 saturated carbocycles. The number of ether oxygens (including phenoxy) is 2. The number of amides is 1. The van der Waals surface area contributed by atoms with Crippen molar-refractivity contribution in [1.82, 2.24) is 5.43 Å². The van der Waals surface area contributed by atoms with Crippen molar-refractivity contribution in [2.75, 3.05) is 25.6 Å². The van der Waals surface area contributed by atoms with Gasteiger partial charge in [0.2, 0.25) is 0 Å². The SMILES string of the molecule is COC(=O)COc1ccc(/C=N\NC(=O)CNc2ccc(C)cc2)cc1. The summed E-state index contributed by atoms with van der Waals surface area (Å²) in [6.07, 6.45) is 1.52. The van der Waals surface area contributed by atoms with E-state index in [0.29, 0.717) is 5.75 Å². The van der Waals surface area contributed by atoms with Gasteiger partial charge in [-0.2, -0.15) is 5.10 Å². The lowest BCUT2D eigenvalue weighted by Crippen LogP contribution is -2.25. The summed E-state index contributed by atoms with van der Waals surface area (Å²) in [7, 11) is 1.30. The maximum atomic E-state index is 11.8. The zero-order valence-electron chi connectivity index (χ0n) is 14.7. The van der Waals surface area contributed by atoms with Gasteiger partial charge in [0.15, 0.2) is 6.61 Å². The van der Waals surface area contributed by atoms with Crippen molar-refractivity contribution < 1.29 is 19.1 Å². The van der Waals surface area contributed by atoms with Crippen LogP contribution in [0.3, 0.4) is 0 Å². The number of carbonyl (C=O) groups excluding carboxylic acids is 2. The first kappa shape index (κ1) is 19.0. The number of nitrogens with zero attached hydrogens (tertiary/aromatic N) is 1. The lowest BCUT2D eigenvalue weighted by atomic mass is 10.2. The Kier molecular flexibility index (Phi) is 7.17. The average molecular weight is 355 g/mol. The predicted octanol–water partition coefficient (Wildman–Crippen LogP) is 2.11. The molecule has 136 valence electrons. The second-order valence-corrected chi connectivity index (χ2v) is 5.45. The molecule has 0 unspecified atom stereocenters. The van der Waals surface area contributed by atoms with Crippen molar-refractivity contribution in [2.45, 2.75) is 6.92 Å². The highest BCUT2D eigenvalue weighted by Crippen LogP contribution is 2.11. The zero-order chi connectivity index (χ0) is 18.8. The molecule has 0 bridgehead atoms. The van der Waals surface area contributed by atoms with Gasteiger partial charge in [-0.05, 0) is 48.9 Å². The van der Waals surface area contributed by atoms with Gasteiger partial charge in [0.25, 0.3) is 5.91 Å². The maximum Gasteiger partial charge on any atom is 0.343 e. The Morgan fingerprint density at radius 2 is 1.77 bits per heavy atom. The summed E-state index contributed by atoms with van der Waals surface area (Å²) in [6.45, 7) is 1.98. The molecule has 2 aromatic carbocycles. The third kappa shape index (κ3) is 6.64. The number of hydrogen-bond acceptors (Lipinski definition) is 6. The largest absolute Gasteiger partial charge is 0.482 e.